The molecule has 5 atom stereocenters. The number of rotatable bonds is 1. The van der Waals surface area contributed by atoms with Gasteiger partial charge in [-0.05, 0) is 72.5 Å². The lowest BCUT2D eigenvalue weighted by Crippen LogP contribution is -2.42. The van der Waals surface area contributed by atoms with Crippen LogP contribution in [0.5, 0.6) is 0 Å². The topological polar surface area (TPSA) is 12.5 Å². The summed E-state index contributed by atoms with van der Waals surface area (Å²) in [4.78, 5) is 2.40. The van der Waals surface area contributed by atoms with Gasteiger partial charge in [0.05, 0.1) is 6.10 Å². The van der Waals surface area contributed by atoms with Gasteiger partial charge >= 0.3 is 0 Å². The van der Waals surface area contributed by atoms with Crippen LogP contribution in [0.2, 0.25) is 0 Å². The molecule has 2 aliphatic carbocycles. The van der Waals surface area contributed by atoms with Gasteiger partial charge in [-0.2, -0.15) is 0 Å². The predicted octanol–water partition coefficient (Wildman–Crippen LogP) is 4.75. The third-order valence-electron chi connectivity index (χ3n) is 7.86. The predicted molar refractivity (Wildman–Crippen MR) is 98.3 cm³/mol. The second-order valence-corrected chi connectivity index (χ2v) is 8.73. The first-order valence-corrected chi connectivity index (χ1v) is 9.74. The van der Waals surface area contributed by atoms with E-state index in [1.165, 1.54) is 61.0 Å². The van der Waals surface area contributed by atoms with E-state index in [0.717, 1.165) is 12.5 Å². The molecule has 128 valence electrons. The monoisotopic (exact) mass is 323 g/mol. The largest absolute Gasteiger partial charge is 0.374 e. The highest BCUT2D eigenvalue weighted by molar-refractivity contribution is 5.56. The number of hydrogen-bond acceptors (Lipinski definition) is 2. The Labute approximate surface area is 145 Å². The highest BCUT2D eigenvalue weighted by Crippen LogP contribution is 2.68. The van der Waals surface area contributed by atoms with E-state index in [1.807, 2.05) is 0 Å². The van der Waals surface area contributed by atoms with Crippen LogP contribution in [0.15, 0.2) is 30.4 Å². The highest BCUT2D eigenvalue weighted by atomic mass is 16.5. The van der Waals surface area contributed by atoms with Crippen molar-refractivity contribution in [2.75, 3.05) is 25.1 Å². The zero-order valence-corrected chi connectivity index (χ0v) is 15.1. The van der Waals surface area contributed by atoms with Crippen molar-refractivity contribution in [2.45, 2.75) is 45.1 Å². The Hall–Kier alpha value is -1.28. The smallest absolute Gasteiger partial charge is 0.0858 e. The summed E-state index contributed by atoms with van der Waals surface area (Å²) in [5.41, 5.74) is 6.37. The molecule has 2 nitrogen and oxygen atoms in total. The normalized spacial score (nSPS) is 40.6. The van der Waals surface area contributed by atoms with Gasteiger partial charge in [-0.1, -0.05) is 31.2 Å². The van der Waals surface area contributed by atoms with Crippen LogP contribution in [0.4, 0.5) is 5.69 Å². The molecule has 2 heterocycles. The number of fused-ring (bicyclic) bond motifs is 2. The Balaban J connectivity index is 1.51. The lowest BCUT2D eigenvalue weighted by molar-refractivity contribution is -0.106. The average molecular weight is 323 g/mol. The number of nitrogens with zero attached hydrogens (tertiary/aromatic N) is 1. The molecule has 3 fully saturated rings. The maximum absolute atomic E-state index is 6.38. The zero-order chi connectivity index (χ0) is 16.5. The van der Waals surface area contributed by atoms with E-state index in [0.29, 0.717) is 23.4 Å². The molecule has 1 aromatic rings. The Kier molecular flexibility index (Phi) is 3.20. The number of benzene rings is 1. The number of hydrogen-bond donors (Lipinski definition) is 0. The molecule has 1 saturated heterocycles. The Morgan fingerprint density at radius 1 is 1.33 bits per heavy atom. The fourth-order valence-corrected chi connectivity index (χ4v) is 6.47. The van der Waals surface area contributed by atoms with Crippen molar-refractivity contribution in [2.24, 2.45) is 23.2 Å². The van der Waals surface area contributed by atoms with Crippen LogP contribution in [0.1, 0.15) is 49.8 Å². The van der Waals surface area contributed by atoms with Gasteiger partial charge in [-0.3, -0.25) is 0 Å². The van der Waals surface area contributed by atoms with Gasteiger partial charge in [0.2, 0.25) is 0 Å². The van der Waals surface area contributed by atoms with E-state index in [1.54, 1.807) is 0 Å². The van der Waals surface area contributed by atoms with Crippen molar-refractivity contribution in [1.82, 2.24) is 0 Å². The van der Waals surface area contributed by atoms with Gasteiger partial charge in [0, 0.05) is 25.9 Å². The molecule has 0 aromatic heterocycles. The Morgan fingerprint density at radius 2 is 2.21 bits per heavy atom. The third kappa shape index (κ3) is 1.87. The van der Waals surface area contributed by atoms with Gasteiger partial charge in [0.25, 0.3) is 0 Å². The van der Waals surface area contributed by atoms with Crippen LogP contribution in [0.3, 0.4) is 0 Å². The molecule has 2 aliphatic heterocycles. The van der Waals surface area contributed by atoms with Crippen molar-refractivity contribution in [3.63, 3.8) is 0 Å². The molecule has 4 aliphatic rings. The number of ether oxygens (including phenoxy) is 1. The van der Waals surface area contributed by atoms with Crippen molar-refractivity contribution in [3.8, 4) is 0 Å². The van der Waals surface area contributed by atoms with Gasteiger partial charge in [0.15, 0.2) is 0 Å². The van der Waals surface area contributed by atoms with Crippen LogP contribution >= 0.6 is 0 Å². The minimum absolute atomic E-state index is 0.303. The van der Waals surface area contributed by atoms with Gasteiger partial charge in [0.1, 0.15) is 0 Å². The summed E-state index contributed by atoms with van der Waals surface area (Å²) in [6, 6.07) is 7.14. The minimum atomic E-state index is 0.303. The molecule has 1 spiro atoms. The first-order chi connectivity index (χ1) is 11.6. The van der Waals surface area contributed by atoms with E-state index in [2.05, 4.69) is 43.6 Å². The lowest BCUT2D eigenvalue weighted by atomic mass is 9.62. The zero-order valence-electron chi connectivity index (χ0n) is 15.1. The van der Waals surface area contributed by atoms with Crippen LogP contribution < -0.4 is 4.90 Å². The molecule has 2 saturated carbocycles. The summed E-state index contributed by atoms with van der Waals surface area (Å²) in [7, 11) is 2.22. The second kappa shape index (κ2) is 5.11. The Morgan fingerprint density at radius 3 is 3.04 bits per heavy atom. The molecule has 2 heteroatoms. The van der Waals surface area contributed by atoms with Crippen LogP contribution in [-0.2, 0) is 11.2 Å². The van der Waals surface area contributed by atoms with Crippen LogP contribution in [-0.4, -0.2) is 20.2 Å². The fourth-order valence-electron chi connectivity index (χ4n) is 6.47. The fraction of sp³-hybridized carbons (Fsp3) is 0.636. The van der Waals surface area contributed by atoms with Crippen LogP contribution in [0.25, 0.3) is 0 Å². The summed E-state index contributed by atoms with van der Waals surface area (Å²) >= 11 is 0. The molecule has 1 aromatic carbocycles. The molecule has 0 amide bonds. The number of aryl methyl sites for hydroxylation is 1. The second-order valence-electron chi connectivity index (χ2n) is 8.73. The summed E-state index contributed by atoms with van der Waals surface area (Å²) in [6.07, 6.45) is 6.68. The van der Waals surface area contributed by atoms with Crippen LogP contribution in [0, 0.1) is 23.2 Å². The average Bonchev–Trinajstić information content (AvgIpc) is 3.09. The van der Waals surface area contributed by atoms with E-state index in [9.17, 15) is 0 Å². The van der Waals surface area contributed by atoms with Crippen molar-refractivity contribution >= 4 is 5.69 Å². The molecule has 0 radical (unpaired) electrons. The van der Waals surface area contributed by atoms with E-state index in [-0.39, 0.29) is 0 Å². The van der Waals surface area contributed by atoms with E-state index in [4.69, 9.17) is 4.74 Å². The first kappa shape index (κ1) is 15.0. The third-order valence-corrected chi connectivity index (χ3v) is 7.86. The standard InChI is InChI=1S/C22H29NO/c1-14-15(2)22-8-10-24-21(19(22)12-18(14)13-22)17-6-7-20-16(11-17)5-4-9-23(20)3/h6-7,11,15,18-19,21H,1,4-5,8-10,12-13H2,2-3H3/t15?,18-,19-,21-,22?/m1/s1. The maximum atomic E-state index is 6.38. The summed E-state index contributed by atoms with van der Waals surface area (Å²) < 4.78 is 6.38. The van der Waals surface area contributed by atoms with Gasteiger partial charge in [-0.25, -0.2) is 0 Å². The summed E-state index contributed by atoms with van der Waals surface area (Å²) in [6.45, 7) is 8.95. The highest BCUT2D eigenvalue weighted by Gasteiger charge is 2.61. The van der Waals surface area contributed by atoms with Crippen molar-refractivity contribution in [1.29, 1.82) is 0 Å². The number of allylic oxidation sites excluding steroid dienone is 1. The quantitative estimate of drug-likeness (QED) is 0.692. The minimum Gasteiger partial charge on any atom is -0.374 e. The van der Waals surface area contributed by atoms with E-state index >= 15 is 0 Å². The molecule has 2 bridgehead atoms. The van der Waals surface area contributed by atoms with Gasteiger partial charge < -0.3 is 9.64 Å². The summed E-state index contributed by atoms with van der Waals surface area (Å²) in [5.74, 6) is 2.12. The molecule has 2 unspecified atom stereocenters. The van der Waals surface area contributed by atoms with Crippen molar-refractivity contribution in [3.05, 3.63) is 41.5 Å². The maximum Gasteiger partial charge on any atom is 0.0858 e. The van der Waals surface area contributed by atoms with Gasteiger partial charge in [-0.15, -0.1) is 0 Å². The molecule has 24 heavy (non-hydrogen) atoms. The first-order valence-electron chi connectivity index (χ1n) is 9.74. The lowest BCUT2D eigenvalue weighted by Gasteiger charge is -2.48. The molecule has 5 rings (SSSR count). The Bertz CT molecular complexity index is 695. The summed E-state index contributed by atoms with van der Waals surface area (Å²) in [5, 5.41) is 0. The van der Waals surface area contributed by atoms with Crippen molar-refractivity contribution < 1.29 is 4.74 Å². The SMILES string of the molecule is C=C1C(C)C23CCO[C@H](c4ccc5c(c4)CCCN5C)[C@H]2C[C@@H]1C3. The molecule has 0 N–H and O–H groups in total. The molecular formula is C22H29NO. The molecular weight excluding hydrogens is 294 g/mol. The number of anilines is 1. The van der Waals surface area contributed by atoms with E-state index < -0.39 is 0 Å².